The van der Waals surface area contributed by atoms with Gasteiger partial charge in [-0.2, -0.15) is 0 Å². The van der Waals surface area contributed by atoms with Crippen molar-refractivity contribution in [2.75, 3.05) is 13.1 Å². The first-order chi connectivity index (χ1) is 8.26. The Bertz CT molecular complexity index is 227. The Morgan fingerprint density at radius 1 is 1.39 bits per heavy atom. The molecule has 18 heavy (non-hydrogen) atoms. The van der Waals surface area contributed by atoms with Crippen LogP contribution >= 0.6 is 24.0 Å². The molecule has 1 rings (SSSR count). The van der Waals surface area contributed by atoms with Crippen LogP contribution in [0.15, 0.2) is 4.99 Å². The molecule has 1 aliphatic carbocycles. The van der Waals surface area contributed by atoms with Gasteiger partial charge in [0.2, 0.25) is 0 Å². The average molecular weight is 367 g/mol. The van der Waals surface area contributed by atoms with Crippen LogP contribution in [0.3, 0.4) is 0 Å². The van der Waals surface area contributed by atoms with Crippen molar-refractivity contribution >= 4 is 29.9 Å². The second-order valence-corrected chi connectivity index (χ2v) is 5.32. The monoisotopic (exact) mass is 367 g/mol. The summed E-state index contributed by atoms with van der Waals surface area (Å²) in [6.45, 7) is 6.39. The molecule has 0 amide bonds. The lowest BCUT2D eigenvalue weighted by atomic mass is 9.85. The zero-order chi connectivity index (χ0) is 12.5. The molecule has 0 radical (unpaired) electrons. The zero-order valence-electron chi connectivity index (χ0n) is 12.0. The van der Waals surface area contributed by atoms with Crippen molar-refractivity contribution in [1.82, 2.24) is 5.32 Å². The summed E-state index contributed by atoms with van der Waals surface area (Å²) in [5.74, 6) is 2.19. The fraction of sp³-hybridized carbons (Fsp3) is 0.929. The van der Waals surface area contributed by atoms with Crippen molar-refractivity contribution in [2.45, 2.75) is 58.8 Å². The second-order valence-electron chi connectivity index (χ2n) is 5.32. The normalized spacial score (nSPS) is 17.8. The SMILES string of the molecule is CCCCC(CC)CN=C(N)NCC1CCC1.I. The third-order valence-electron chi connectivity index (χ3n) is 3.86. The molecule has 0 heterocycles. The van der Waals surface area contributed by atoms with E-state index in [0.717, 1.165) is 19.0 Å². The largest absolute Gasteiger partial charge is 0.370 e. The summed E-state index contributed by atoms with van der Waals surface area (Å²) >= 11 is 0. The van der Waals surface area contributed by atoms with Gasteiger partial charge in [0, 0.05) is 13.1 Å². The third kappa shape index (κ3) is 7.44. The topological polar surface area (TPSA) is 50.4 Å². The van der Waals surface area contributed by atoms with Crippen LogP contribution in [0.5, 0.6) is 0 Å². The van der Waals surface area contributed by atoms with Crippen LogP contribution in [0.1, 0.15) is 58.8 Å². The summed E-state index contributed by atoms with van der Waals surface area (Å²) in [7, 11) is 0. The number of hydrogen-bond donors (Lipinski definition) is 2. The van der Waals surface area contributed by atoms with Crippen molar-refractivity contribution in [3.8, 4) is 0 Å². The van der Waals surface area contributed by atoms with Crippen LogP contribution in [0.2, 0.25) is 0 Å². The zero-order valence-corrected chi connectivity index (χ0v) is 14.3. The van der Waals surface area contributed by atoms with E-state index >= 15 is 0 Å². The Balaban J connectivity index is 0.00000289. The quantitative estimate of drug-likeness (QED) is 0.392. The number of nitrogens with zero attached hydrogens (tertiary/aromatic N) is 1. The highest BCUT2D eigenvalue weighted by molar-refractivity contribution is 14.0. The first-order valence-electron chi connectivity index (χ1n) is 7.30. The molecule has 3 nitrogen and oxygen atoms in total. The fourth-order valence-corrected chi connectivity index (χ4v) is 2.15. The van der Waals surface area contributed by atoms with Gasteiger partial charge in [0.15, 0.2) is 5.96 Å². The highest BCUT2D eigenvalue weighted by Crippen LogP contribution is 2.24. The predicted molar refractivity (Wildman–Crippen MR) is 90.6 cm³/mol. The van der Waals surface area contributed by atoms with Gasteiger partial charge in [-0.25, -0.2) is 0 Å². The number of unbranched alkanes of at least 4 members (excludes halogenated alkanes) is 1. The molecule has 0 aromatic rings. The highest BCUT2D eigenvalue weighted by atomic mass is 127. The van der Waals surface area contributed by atoms with E-state index in [1.807, 2.05) is 0 Å². The van der Waals surface area contributed by atoms with Gasteiger partial charge in [-0.15, -0.1) is 24.0 Å². The van der Waals surface area contributed by atoms with Crippen LogP contribution in [0.25, 0.3) is 0 Å². The van der Waals surface area contributed by atoms with E-state index in [0.29, 0.717) is 11.9 Å². The summed E-state index contributed by atoms with van der Waals surface area (Å²) in [4.78, 5) is 4.46. The van der Waals surface area contributed by atoms with Gasteiger partial charge in [0.05, 0.1) is 0 Å². The molecule has 1 unspecified atom stereocenters. The number of nitrogens with one attached hydrogen (secondary N) is 1. The molecule has 108 valence electrons. The van der Waals surface area contributed by atoms with Gasteiger partial charge in [-0.1, -0.05) is 39.5 Å². The van der Waals surface area contributed by atoms with Crippen molar-refractivity contribution in [3.05, 3.63) is 0 Å². The number of nitrogens with two attached hydrogens (primary N) is 1. The lowest BCUT2D eigenvalue weighted by molar-refractivity contribution is 0.315. The number of guanidine groups is 1. The van der Waals surface area contributed by atoms with Crippen LogP contribution in [0.4, 0.5) is 0 Å². The molecule has 0 aliphatic heterocycles. The lowest BCUT2D eigenvalue weighted by Gasteiger charge is -2.25. The second kappa shape index (κ2) is 10.9. The molecule has 0 bridgehead atoms. The maximum absolute atomic E-state index is 5.87. The van der Waals surface area contributed by atoms with E-state index in [2.05, 4.69) is 24.2 Å². The lowest BCUT2D eigenvalue weighted by Crippen LogP contribution is -2.37. The van der Waals surface area contributed by atoms with Crippen LogP contribution in [0, 0.1) is 11.8 Å². The molecule has 0 saturated heterocycles. The third-order valence-corrected chi connectivity index (χ3v) is 3.86. The van der Waals surface area contributed by atoms with E-state index < -0.39 is 0 Å². The first kappa shape index (κ1) is 18.0. The Kier molecular flexibility index (Phi) is 10.9. The Labute approximate surface area is 129 Å². The van der Waals surface area contributed by atoms with Crippen molar-refractivity contribution in [3.63, 3.8) is 0 Å². The minimum Gasteiger partial charge on any atom is -0.370 e. The molecule has 0 aromatic carbocycles. The van der Waals surface area contributed by atoms with E-state index in [1.165, 1.54) is 44.9 Å². The number of hydrogen-bond acceptors (Lipinski definition) is 1. The Morgan fingerprint density at radius 2 is 2.11 bits per heavy atom. The van der Waals surface area contributed by atoms with Gasteiger partial charge in [0.25, 0.3) is 0 Å². The maximum Gasteiger partial charge on any atom is 0.188 e. The molecular weight excluding hydrogens is 337 g/mol. The van der Waals surface area contributed by atoms with Crippen LogP contribution < -0.4 is 11.1 Å². The predicted octanol–water partition coefficient (Wildman–Crippen LogP) is 3.53. The van der Waals surface area contributed by atoms with E-state index in [9.17, 15) is 0 Å². The van der Waals surface area contributed by atoms with Crippen molar-refractivity contribution in [2.24, 2.45) is 22.6 Å². The Morgan fingerprint density at radius 3 is 2.61 bits per heavy atom. The average Bonchev–Trinajstić information content (AvgIpc) is 2.27. The summed E-state index contributed by atoms with van der Waals surface area (Å²) < 4.78 is 0. The van der Waals surface area contributed by atoms with E-state index in [1.54, 1.807) is 0 Å². The van der Waals surface area contributed by atoms with Gasteiger partial charge in [0.1, 0.15) is 0 Å². The minimum absolute atomic E-state index is 0. The summed E-state index contributed by atoms with van der Waals surface area (Å²) in [5, 5.41) is 3.25. The number of aliphatic imine (C=N–C) groups is 1. The molecule has 1 atom stereocenters. The fourth-order valence-electron chi connectivity index (χ4n) is 2.15. The summed E-state index contributed by atoms with van der Waals surface area (Å²) in [6, 6.07) is 0. The molecule has 0 aromatic heterocycles. The molecule has 1 saturated carbocycles. The van der Waals surface area contributed by atoms with Gasteiger partial charge in [-0.05, 0) is 31.1 Å². The molecule has 3 N–H and O–H groups in total. The highest BCUT2D eigenvalue weighted by Gasteiger charge is 2.16. The van der Waals surface area contributed by atoms with Crippen LogP contribution in [-0.4, -0.2) is 19.0 Å². The summed E-state index contributed by atoms with van der Waals surface area (Å²) in [5.41, 5.74) is 5.87. The van der Waals surface area contributed by atoms with Crippen LogP contribution in [-0.2, 0) is 0 Å². The van der Waals surface area contributed by atoms with Gasteiger partial charge >= 0.3 is 0 Å². The Hall–Kier alpha value is 0. The number of halogens is 1. The summed E-state index contributed by atoms with van der Waals surface area (Å²) in [6.07, 6.45) is 9.17. The first-order valence-corrected chi connectivity index (χ1v) is 7.30. The molecule has 1 aliphatic rings. The standard InChI is InChI=1S/C14H29N3.HI/c1-3-5-7-12(4-2)10-16-14(15)17-11-13-8-6-9-13;/h12-13H,3-11H2,1-2H3,(H3,15,16,17);1H. The van der Waals surface area contributed by atoms with Crippen molar-refractivity contribution < 1.29 is 0 Å². The molecule has 0 spiro atoms. The number of rotatable bonds is 8. The molecule has 4 heteroatoms. The maximum atomic E-state index is 5.87. The molecule has 1 fully saturated rings. The van der Waals surface area contributed by atoms with E-state index in [4.69, 9.17) is 5.73 Å². The molecular formula is C14H30IN3. The van der Waals surface area contributed by atoms with E-state index in [-0.39, 0.29) is 24.0 Å². The van der Waals surface area contributed by atoms with Crippen molar-refractivity contribution in [1.29, 1.82) is 0 Å². The smallest absolute Gasteiger partial charge is 0.188 e. The van der Waals surface area contributed by atoms with Gasteiger partial charge in [-0.3, -0.25) is 4.99 Å². The van der Waals surface area contributed by atoms with Gasteiger partial charge < -0.3 is 11.1 Å². The minimum atomic E-state index is 0.